The third-order valence-electron chi connectivity index (χ3n) is 14.9. The topological polar surface area (TPSA) is 101 Å². The lowest BCUT2D eigenvalue weighted by Gasteiger charge is -2.72. The van der Waals surface area contributed by atoms with E-state index in [1.807, 2.05) is 0 Å². The predicted molar refractivity (Wildman–Crippen MR) is 163 cm³/mol. The minimum Gasteiger partial charge on any atom is -0.481 e. The third kappa shape index (κ3) is 4.19. The van der Waals surface area contributed by atoms with Crippen molar-refractivity contribution in [1.29, 1.82) is 0 Å². The van der Waals surface area contributed by atoms with Crippen molar-refractivity contribution >= 4 is 17.9 Å². The number of allylic oxidation sites excluding steroid dienone is 1. The Kier molecular flexibility index (Phi) is 7.39. The Hall–Kier alpha value is -1.85. The molecular formula is C36H56O6. The molecular weight excluding hydrogens is 528 g/mol. The highest BCUT2D eigenvalue weighted by Crippen LogP contribution is 2.77. The molecule has 0 amide bonds. The summed E-state index contributed by atoms with van der Waals surface area (Å²) in [6.45, 7) is 21.7. The van der Waals surface area contributed by atoms with Crippen LogP contribution in [0.25, 0.3) is 0 Å². The van der Waals surface area contributed by atoms with Gasteiger partial charge in [-0.15, -0.1) is 0 Å². The molecule has 0 aromatic rings. The SMILES string of the molecule is C=C(C)[C@@H]1CCC2(C(=O)O)CC[C@]3(C)[C@H](CC[C@@H]4[C@@]5(C)CCC(OC(=O)CC(C)(C)C(=O)O)C(C)(C)[C@@H]5CC[C@]43C)[C@@H]12. The van der Waals surface area contributed by atoms with E-state index in [1.165, 1.54) is 0 Å². The van der Waals surface area contributed by atoms with Gasteiger partial charge in [0.1, 0.15) is 6.10 Å². The second-order valence-electron chi connectivity index (χ2n) is 17.4. The fourth-order valence-electron chi connectivity index (χ4n) is 12.3. The van der Waals surface area contributed by atoms with Gasteiger partial charge in [-0.05, 0) is 131 Å². The van der Waals surface area contributed by atoms with Gasteiger partial charge in [0.15, 0.2) is 0 Å². The van der Waals surface area contributed by atoms with Gasteiger partial charge in [0.05, 0.1) is 17.3 Å². The molecule has 0 saturated heterocycles. The largest absolute Gasteiger partial charge is 0.481 e. The highest BCUT2D eigenvalue weighted by atomic mass is 16.5. The molecule has 0 spiro atoms. The van der Waals surface area contributed by atoms with E-state index < -0.39 is 28.7 Å². The molecule has 0 aromatic carbocycles. The molecule has 2 unspecified atom stereocenters. The normalized spacial score (nSPS) is 45.9. The van der Waals surface area contributed by atoms with Crippen LogP contribution in [0.5, 0.6) is 0 Å². The van der Waals surface area contributed by atoms with Crippen molar-refractivity contribution in [3.05, 3.63) is 12.2 Å². The van der Waals surface area contributed by atoms with Crippen LogP contribution >= 0.6 is 0 Å². The quantitative estimate of drug-likeness (QED) is 0.241. The molecule has 10 atom stereocenters. The van der Waals surface area contributed by atoms with Crippen LogP contribution < -0.4 is 0 Å². The minimum atomic E-state index is -1.15. The molecule has 5 saturated carbocycles. The zero-order valence-electron chi connectivity index (χ0n) is 27.5. The van der Waals surface area contributed by atoms with E-state index in [1.54, 1.807) is 13.8 Å². The predicted octanol–water partition coefficient (Wildman–Crippen LogP) is 8.14. The Morgan fingerprint density at radius 1 is 0.833 bits per heavy atom. The molecule has 5 aliphatic rings. The van der Waals surface area contributed by atoms with E-state index in [4.69, 9.17) is 4.74 Å². The first-order chi connectivity index (χ1) is 19.3. The van der Waals surface area contributed by atoms with Crippen LogP contribution in [0.2, 0.25) is 0 Å². The number of carboxylic acids is 2. The molecule has 5 rings (SSSR count). The molecule has 0 bridgehead atoms. The average Bonchev–Trinajstić information content (AvgIpc) is 3.27. The smallest absolute Gasteiger partial charge is 0.309 e. The first-order valence-corrected chi connectivity index (χ1v) is 16.6. The van der Waals surface area contributed by atoms with Crippen LogP contribution in [-0.2, 0) is 19.1 Å². The summed E-state index contributed by atoms with van der Waals surface area (Å²) in [7, 11) is 0. The van der Waals surface area contributed by atoms with Gasteiger partial charge in [0.2, 0.25) is 0 Å². The van der Waals surface area contributed by atoms with Gasteiger partial charge in [-0.25, -0.2) is 0 Å². The molecule has 2 N–H and O–H groups in total. The summed E-state index contributed by atoms with van der Waals surface area (Å²) < 4.78 is 6.10. The van der Waals surface area contributed by atoms with E-state index in [0.717, 1.165) is 69.8 Å². The number of fused-ring (bicyclic) bond motifs is 7. The second-order valence-corrected chi connectivity index (χ2v) is 17.4. The lowest BCUT2D eigenvalue weighted by molar-refractivity contribution is -0.250. The maximum absolute atomic E-state index is 12.9. The van der Waals surface area contributed by atoms with Crippen LogP contribution in [0.15, 0.2) is 12.2 Å². The van der Waals surface area contributed by atoms with Gasteiger partial charge in [-0.1, -0.05) is 46.8 Å². The number of esters is 1. The Bertz CT molecular complexity index is 1170. The Morgan fingerprint density at radius 3 is 2.10 bits per heavy atom. The first-order valence-electron chi connectivity index (χ1n) is 16.6. The molecule has 236 valence electrons. The van der Waals surface area contributed by atoms with Gasteiger partial charge in [0.25, 0.3) is 0 Å². The number of carbonyl (C=O) groups is 3. The molecule has 5 aliphatic carbocycles. The van der Waals surface area contributed by atoms with Crippen molar-refractivity contribution in [1.82, 2.24) is 0 Å². The molecule has 0 heterocycles. The van der Waals surface area contributed by atoms with Gasteiger partial charge in [-0.2, -0.15) is 0 Å². The van der Waals surface area contributed by atoms with E-state index in [2.05, 4.69) is 48.1 Å². The van der Waals surface area contributed by atoms with Crippen LogP contribution in [-0.4, -0.2) is 34.2 Å². The summed E-state index contributed by atoms with van der Waals surface area (Å²) in [6, 6.07) is 0. The Balaban J connectivity index is 1.42. The van der Waals surface area contributed by atoms with Crippen molar-refractivity contribution in [2.75, 3.05) is 0 Å². The second kappa shape index (κ2) is 9.83. The number of carboxylic acid groups (broad SMARTS) is 2. The number of hydrogen-bond donors (Lipinski definition) is 2. The van der Waals surface area contributed by atoms with Crippen LogP contribution in [0.1, 0.15) is 126 Å². The standard InChI is InChI=1S/C36H56O6/c1-21(2)22-12-17-36(30(40)41)19-18-34(8)23(28(22)36)10-11-25-33(7)15-14-26(42-27(37)20-31(3,4)29(38)39)32(5,6)24(33)13-16-35(25,34)9/h22-26,28H,1,10-20H2,2-9H3,(H,38,39)(H,40,41)/t22-,23+,24-,25+,26?,28+,33-,34+,35+,36?/m0/s1. The highest BCUT2D eigenvalue weighted by Gasteiger charge is 2.72. The molecule has 0 aliphatic heterocycles. The summed E-state index contributed by atoms with van der Waals surface area (Å²) in [5.41, 5.74) is -0.477. The van der Waals surface area contributed by atoms with E-state index in [0.29, 0.717) is 23.7 Å². The van der Waals surface area contributed by atoms with Crippen LogP contribution in [0.3, 0.4) is 0 Å². The van der Waals surface area contributed by atoms with Crippen molar-refractivity contribution in [2.24, 2.45) is 62.1 Å². The number of carbonyl (C=O) groups excluding carboxylic acids is 1. The first kappa shape index (κ1) is 31.6. The fraction of sp³-hybridized carbons (Fsp3) is 0.861. The summed E-state index contributed by atoms with van der Waals surface area (Å²) in [6.07, 6.45) is 9.38. The Morgan fingerprint density at radius 2 is 1.50 bits per heavy atom. The highest BCUT2D eigenvalue weighted by molar-refractivity contribution is 5.81. The summed E-state index contributed by atoms with van der Waals surface area (Å²) in [5, 5.41) is 20.1. The third-order valence-corrected chi connectivity index (χ3v) is 14.9. The number of ether oxygens (including phenoxy) is 1. The monoisotopic (exact) mass is 584 g/mol. The summed E-state index contributed by atoms with van der Waals surface area (Å²) in [4.78, 5) is 37.5. The van der Waals surface area contributed by atoms with Crippen molar-refractivity contribution < 1.29 is 29.3 Å². The Labute approximate surface area is 253 Å². The van der Waals surface area contributed by atoms with Gasteiger partial charge < -0.3 is 14.9 Å². The zero-order chi connectivity index (χ0) is 31.3. The molecule has 0 aromatic heterocycles. The van der Waals surface area contributed by atoms with E-state index in [-0.39, 0.29) is 40.1 Å². The zero-order valence-corrected chi connectivity index (χ0v) is 27.5. The number of rotatable bonds is 6. The molecule has 6 nitrogen and oxygen atoms in total. The summed E-state index contributed by atoms with van der Waals surface area (Å²) in [5.74, 6) is -0.165. The maximum atomic E-state index is 12.9. The average molecular weight is 585 g/mol. The van der Waals surface area contributed by atoms with Crippen LogP contribution in [0, 0.1) is 62.1 Å². The lowest BCUT2D eigenvalue weighted by Crippen LogP contribution is -2.67. The molecule has 42 heavy (non-hydrogen) atoms. The van der Waals surface area contributed by atoms with Gasteiger partial charge >= 0.3 is 17.9 Å². The molecule has 5 fully saturated rings. The molecule has 0 radical (unpaired) electrons. The van der Waals surface area contributed by atoms with Crippen molar-refractivity contribution in [3.63, 3.8) is 0 Å². The lowest BCUT2D eigenvalue weighted by atomic mass is 9.32. The molecule has 6 heteroatoms. The van der Waals surface area contributed by atoms with E-state index in [9.17, 15) is 24.6 Å². The van der Waals surface area contributed by atoms with Gasteiger partial charge in [0, 0.05) is 5.41 Å². The number of aliphatic carboxylic acids is 2. The number of hydrogen-bond acceptors (Lipinski definition) is 4. The van der Waals surface area contributed by atoms with E-state index >= 15 is 0 Å². The van der Waals surface area contributed by atoms with Crippen molar-refractivity contribution in [3.8, 4) is 0 Å². The minimum absolute atomic E-state index is 0.0847. The van der Waals surface area contributed by atoms with Crippen LogP contribution in [0.4, 0.5) is 0 Å². The van der Waals surface area contributed by atoms with Crippen molar-refractivity contribution in [2.45, 2.75) is 132 Å². The fourth-order valence-corrected chi connectivity index (χ4v) is 12.3. The maximum Gasteiger partial charge on any atom is 0.309 e. The summed E-state index contributed by atoms with van der Waals surface area (Å²) >= 11 is 0. The van der Waals surface area contributed by atoms with Gasteiger partial charge in [-0.3, -0.25) is 14.4 Å².